The first-order valence-corrected chi connectivity index (χ1v) is 10.6. The van der Waals surface area contributed by atoms with E-state index in [1.807, 2.05) is 0 Å². The van der Waals surface area contributed by atoms with Gasteiger partial charge in [-0.25, -0.2) is 9.18 Å². The molecule has 3 amide bonds. The average Bonchev–Trinajstić information content (AvgIpc) is 2.75. The van der Waals surface area contributed by atoms with E-state index in [2.05, 4.69) is 15.4 Å². The van der Waals surface area contributed by atoms with Gasteiger partial charge in [-0.1, -0.05) is 29.8 Å². The fourth-order valence-corrected chi connectivity index (χ4v) is 3.14. The van der Waals surface area contributed by atoms with Gasteiger partial charge in [-0.3, -0.25) is 9.52 Å². The third kappa shape index (κ3) is 7.20. The van der Waals surface area contributed by atoms with Crippen LogP contribution >= 0.6 is 23.5 Å². The topological polar surface area (TPSA) is 79.5 Å². The second-order valence-electron chi connectivity index (χ2n) is 6.22. The minimum atomic E-state index is -0.592. The molecule has 3 rings (SSSR count). The maximum atomic E-state index is 13.7. The monoisotopic (exact) mass is 459 g/mol. The van der Waals surface area contributed by atoms with Crippen molar-refractivity contribution in [1.82, 2.24) is 4.72 Å². The Hall–Kier alpha value is -3.23. The Kier molecular flexibility index (Phi) is 8.14. The van der Waals surface area contributed by atoms with Crippen LogP contribution < -0.4 is 20.1 Å². The molecule has 0 aliphatic heterocycles. The first-order chi connectivity index (χ1) is 15.0. The number of nitrogens with one attached hydrogen (secondary N) is 3. The highest BCUT2D eigenvalue weighted by molar-refractivity contribution is 7.97. The molecule has 0 aliphatic rings. The molecule has 3 aromatic rings. The van der Waals surface area contributed by atoms with Gasteiger partial charge >= 0.3 is 6.03 Å². The van der Waals surface area contributed by atoms with Crippen molar-refractivity contribution in [2.24, 2.45) is 0 Å². The van der Waals surface area contributed by atoms with Gasteiger partial charge in [-0.05, 0) is 66.5 Å². The molecule has 0 atom stereocenters. The molecule has 0 unspecified atom stereocenters. The Balaban J connectivity index is 1.38. The van der Waals surface area contributed by atoms with Crippen LogP contribution in [0.15, 0.2) is 72.8 Å². The van der Waals surface area contributed by atoms with E-state index in [0.717, 1.165) is 0 Å². The number of anilines is 2. The van der Waals surface area contributed by atoms with E-state index in [1.165, 1.54) is 30.1 Å². The first-order valence-electron chi connectivity index (χ1n) is 9.24. The van der Waals surface area contributed by atoms with Crippen molar-refractivity contribution in [2.45, 2.75) is 0 Å². The first kappa shape index (κ1) is 22.5. The molecule has 0 bridgehead atoms. The molecule has 31 heavy (non-hydrogen) atoms. The van der Waals surface area contributed by atoms with E-state index in [0.29, 0.717) is 34.5 Å². The smallest absolute Gasteiger partial charge is 0.329 e. The molecule has 0 saturated carbocycles. The third-order valence-electron chi connectivity index (χ3n) is 3.93. The zero-order chi connectivity index (χ0) is 22.1. The van der Waals surface area contributed by atoms with Gasteiger partial charge in [0.2, 0.25) is 0 Å². The van der Waals surface area contributed by atoms with Crippen molar-refractivity contribution >= 4 is 46.9 Å². The number of rotatable bonds is 8. The van der Waals surface area contributed by atoms with Crippen molar-refractivity contribution in [1.29, 1.82) is 0 Å². The van der Waals surface area contributed by atoms with Crippen LogP contribution in [-0.4, -0.2) is 24.3 Å². The van der Waals surface area contributed by atoms with Crippen LogP contribution in [-0.2, 0) is 0 Å². The van der Waals surface area contributed by atoms with Crippen LogP contribution in [0.2, 0.25) is 5.02 Å². The van der Waals surface area contributed by atoms with E-state index < -0.39 is 17.8 Å². The van der Waals surface area contributed by atoms with Crippen LogP contribution in [0.4, 0.5) is 20.6 Å². The molecule has 0 radical (unpaired) electrons. The van der Waals surface area contributed by atoms with Crippen molar-refractivity contribution < 1.29 is 18.7 Å². The highest BCUT2D eigenvalue weighted by atomic mass is 35.5. The Morgan fingerprint density at radius 2 is 1.65 bits per heavy atom. The van der Waals surface area contributed by atoms with Gasteiger partial charge < -0.3 is 15.4 Å². The third-order valence-corrected chi connectivity index (χ3v) is 4.87. The summed E-state index contributed by atoms with van der Waals surface area (Å²) in [5.74, 6) is 0.0686. The number of halogens is 2. The van der Waals surface area contributed by atoms with Gasteiger partial charge in [0.1, 0.15) is 11.6 Å². The summed E-state index contributed by atoms with van der Waals surface area (Å²) in [5, 5.41) is 5.89. The summed E-state index contributed by atoms with van der Waals surface area (Å²) in [6.45, 7) is 0.404. The molecular weight excluding hydrogens is 441 g/mol. The van der Waals surface area contributed by atoms with Crippen molar-refractivity contribution in [3.05, 3.63) is 89.2 Å². The lowest BCUT2D eigenvalue weighted by molar-refractivity contribution is 0.102. The van der Waals surface area contributed by atoms with Gasteiger partial charge in [-0.15, -0.1) is 0 Å². The average molecular weight is 460 g/mol. The number of ether oxygens (including phenoxy) is 1. The predicted molar refractivity (Wildman–Crippen MR) is 122 cm³/mol. The molecule has 160 valence electrons. The summed E-state index contributed by atoms with van der Waals surface area (Å²) in [4.78, 5) is 24.1. The van der Waals surface area contributed by atoms with Crippen LogP contribution in [0.1, 0.15) is 10.4 Å². The zero-order valence-electron chi connectivity index (χ0n) is 16.2. The molecule has 3 aromatic carbocycles. The van der Waals surface area contributed by atoms with E-state index >= 15 is 0 Å². The molecule has 0 aromatic heterocycles. The number of urea groups is 1. The molecule has 6 nitrogen and oxygen atoms in total. The van der Waals surface area contributed by atoms with Crippen molar-refractivity contribution in [3.63, 3.8) is 0 Å². The lowest BCUT2D eigenvalue weighted by Gasteiger charge is -2.10. The zero-order valence-corrected chi connectivity index (χ0v) is 17.8. The highest BCUT2D eigenvalue weighted by Crippen LogP contribution is 2.18. The van der Waals surface area contributed by atoms with Gasteiger partial charge in [0.15, 0.2) is 0 Å². The molecule has 0 fully saturated rings. The van der Waals surface area contributed by atoms with Gasteiger partial charge in [-0.2, -0.15) is 0 Å². The number of hydrogen-bond donors (Lipinski definition) is 3. The Morgan fingerprint density at radius 3 is 2.35 bits per heavy atom. The SMILES string of the molecule is O=C(NSCCOc1cccc(Cl)c1)Nc1ccc(NC(=O)c2ccccc2F)cc1. The number of hydrogen-bond acceptors (Lipinski definition) is 4. The molecular formula is C22H19ClFN3O3S. The fourth-order valence-electron chi connectivity index (χ4n) is 2.51. The van der Waals surface area contributed by atoms with Crippen LogP contribution in [0.5, 0.6) is 5.75 Å². The molecule has 0 spiro atoms. The van der Waals surface area contributed by atoms with Crippen molar-refractivity contribution in [3.8, 4) is 5.75 Å². The minimum absolute atomic E-state index is 0.0413. The summed E-state index contributed by atoms with van der Waals surface area (Å²) in [6.07, 6.45) is 0. The second kappa shape index (κ2) is 11.2. The summed E-state index contributed by atoms with van der Waals surface area (Å²) in [5.41, 5.74) is 0.976. The standard InChI is InChI=1S/C22H19ClFN3O3S/c23-15-4-3-5-18(14-15)30-12-13-31-27-22(29)26-17-10-8-16(9-11-17)25-21(28)19-6-1-2-7-20(19)24/h1-11,14H,12-13H2,(H,25,28)(H2,26,27,29). The second-order valence-corrected chi connectivity index (χ2v) is 7.56. The fraction of sp³-hybridized carbons (Fsp3) is 0.0909. The number of carbonyl (C=O) groups is 2. The maximum Gasteiger partial charge on any atom is 0.329 e. The van der Waals surface area contributed by atoms with E-state index in [4.69, 9.17) is 16.3 Å². The predicted octanol–water partition coefficient (Wildman–Crippen LogP) is 5.58. The summed E-state index contributed by atoms with van der Waals surface area (Å²) in [7, 11) is 0. The Morgan fingerprint density at radius 1 is 0.935 bits per heavy atom. The largest absolute Gasteiger partial charge is 0.493 e. The molecule has 0 aliphatic carbocycles. The van der Waals surface area contributed by atoms with E-state index in [1.54, 1.807) is 54.6 Å². The van der Waals surface area contributed by atoms with E-state index in [9.17, 15) is 14.0 Å². The quantitative estimate of drug-likeness (QED) is 0.303. The molecule has 0 saturated heterocycles. The Bertz CT molecular complexity index is 1050. The normalized spacial score (nSPS) is 10.3. The summed E-state index contributed by atoms with van der Waals surface area (Å²) in [6, 6.07) is 18.9. The maximum absolute atomic E-state index is 13.7. The van der Waals surface area contributed by atoms with Crippen LogP contribution in [0.25, 0.3) is 0 Å². The summed E-state index contributed by atoms with van der Waals surface area (Å²) >= 11 is 7.09. The minimum Gasteiger partial charge on any atom is -0.493 e. The molecule has 9 heteroatoms. The molecule has 3 N–H and O–H groups in total. The summed E-state index contributed by atoms with van der Waals surface area (Å²) < 4.78 is 21.9. The lowest BCUT2D eigenvalue weighted by Crippen LogP contribution is -2.23. The number of amides is 3. The Labute approximate surface area is 188 Å². The van der Waals surface area contributed by atoms with E-state index in [-0.39, 0.29) is 5.56 Å². The van der Waals surface area contributed by atoms with Crippen LogP contribution in [0, 0.1) is 5.82 Å². The van der Waals surface area contributed by atoms with Crippen molar-refractivity contribution in [2.75, 3.05) is 23.0 Å². The molecule has 0 heterocycles. The van der Waals surface area contributed by atoms with Gasteiger partial charge in [0, 0.05) is 22.2 Å². The van der Waals surface area contributed by atoms with Gasteiger partial charge in [0.25, 0.3) is 5.91 Å². The highest BCUT2D eigenvalue weighted by Gasteiger charge is 2.11. The number of benzene rings is 3. The number of carbonyl (C=O) groups excluding carboxylic acids is 2. The van der Waals surface area contributed by atoms with Gasteiger partial charge in [0.05, 0.1) is 12.2 Å². The van der Waals surface area contributed by atoms with Crippen LogP contribution in [0.3, 0.4) is 0 Å². The lowest BCUT2D eigenvalue weighted by atomic mass is 10.2.